The summed E-state index contributed by atoms with van der Waals surface area (Å²) in [4.78, 5) is 38.3. The molecule has 6 nitrogen and oxygen atoms in total. The number of rotatable bonds is 57. The van der Waals surface area contributed by atoms with E-state index in [1.807, 2.05) is 0 Å². The SMILES string of the molecule is CC/C=C\C/C=C\C/C=C\CCCCCCCCCC(=O)OCC(COC(=O)CCCCCCCCCCC/C=C\C/C=C\CCCCCCC)OC(=O)CCCCCCCCC/C=C\C/C=C\CCCCCC. The lowest BCUT2D eigenvalue weighted by Gasteiger charge is -2.18. The molecule has 6 heteroatoms. The molecule has 0 N–H and O–H groups in total. The van der Waals surface area contributed by atoms with Crippen LogP contribution in [0.1, 0.15) is 310 Å². The minimum absolute atomic E-state index is 0.0846. The van der Waals surface area contributed by atoms with Gasteiger partial charge in [0.2, 0.25) is 0 Å². The number of hydrogen-bond donors (Lipinski definition) is 0. The summed E-state index contributed by atoms with van der Waals surface area (Å²) in [5, 5.41) is 0. The minimum Gasteiger partial charge on any atom is -0.462 e. The minimum atomic E-state index is -0.789. The van der Waals surface area contributed by atoms with Crippen molar-refractivity contribution in [2.75, 3.05) is 13.2 Å². The monoisotopic (exact) mass is 1030 g/mol. The molecule has 0 rings (SSSR count). The van der Waals surface area contributed by atoms with E-state index in [0.29, 0.717) is 19.3 Å². The molecule has 0 saturated heterocycles. The maximum Gasteiger partial charge on any atom is 0.306 e. The van der Waals surface area contributed by atoms with E-state index >= 15 is 0 Å². The van der Waals surface area contributed by atoms with Gasteiger partial charge < -0.3 is 14.2 Å². The molecule has 426 valence electrons. The second-order valence-corrected chi connectivity index (χ2v) is 20.9. The second kappa shape index (κ2) is 62.1. The summed E-state index contributed by atoms with van der Waals surface area (Å²) in [6, 6.07) is 0. The van der Waals surface area contributed by atoms with E-state index < -0.39 is 6.10 Å². The maximum atomic E-state index is 12.9. The number of unbranched alkanes of at least 4 members (excludes halogenated alkanes) is 32. The first-order valence-corrected chi connectivity index (χ1v) is 31.6. The highest BCUT2D eigenvalue weighted by atomic mass is 16.6. The highest BCUT2D eigenvalue weighted by molar-refractivity contribution is 5.71. The van der Waals surface area contributed by atoms with Crippen LogP contribution in [0.15, 0.2) is 85.1 Å². The standard InChI is InChI=1S/C68H118O6/c1-4-7-10-13-16-19-22-25-28-31-33-34-35-38-40-43-46-49-52-55-58-61-67(70)73-64-65(63-72-66(69)60-57-54-51-48-45-42-39-36-30-27-24-21-18-15-12-9-6-3)74-68(71)62-59-56-53-50-47-44-41-37-32-29-26-23-20-17-14-11-8-5-2/h9,12,18,20-23,25,27,29-33,65H,4-8,10-11,13-17,19,24,26,28,34-64H2,1-3H3/b12-9-,21-18-,23-20-,25-22-,30-27-,32-29-,33-31-. The highest BCUT2D eigenvalue weighted by Crippen LogP contribution is 2.16. The van der Waals surface area contributed by atoms with Crippen LogP contribution in [0, 0.1) is 0 Å². The van der Waals surface area contributed by atoms with Gasteiger partial charge in [0.15, 0.2) is 6.10 Å². The molecule has 0 aliphatic carbocycles. The number of ether oxygens (including phenoxy) is 3. The summed E-state index contributed by atoms with van der Waals surface area (Å²) in [7, 11) is 0. The van der Waals surface area contributed by atoms with Crippen molar-refractivity contribution in [1.82, 2.24) is 0 Å². The normalized spacial score (nSPS) is 12.6. The second-order valence-electron chi connectivity index (χ2n) is 20.9. The summed E-state index contributed by atoms with van der Waals surface area (Å²) in [6.45, 7) is 6.51. The number of carbonyl (C=O) groups is 3. The Morgan fingerprint density at radius 1 is 0.284 bits per heavy atom. The molecule has 0 spiro atoms. The number of carbonyl (C=O) groups excluding carboxylic acids is 3. The van der Waals surface area contributed by atoms with Gasteiger partial charge in [-0.15, -0.1) is 0 Å². The van der Waals surface area contributed by atoms with E-state index in [2.05, 4.69) is 106 Å². The van der Waals surface area contributed by atoms with Crippen molar-refractivity contribution in [3.8, 4) is 0 Å². The lowest BCUT2D eigenvalue weighted by atomic mass is 10.1. The fourth-order valence-corrected chi connectivity index (χ4v) is 8.87. The quantitative estimate of drug-likeness (QED) is 0.0261. The van der Waals surface area contributed by atoms with Gasteiger partial charge >= 0.3 is 17.9 Å². The zero-order chi connectivity index (χ0) is 53.6. The Morgan fingerprint density at radius 2 is 0.527 bits per heavy atom. The molecule has 0 fully saturated rings. The Balaban J connectivity index is 4.40. The van der Waals surface area contributed by atoms with Gasteiger partial charge in [-0.3, -0.25) is 14.4 Å². The van der Waals surface area contributed by atoms with Gasteiger partial charge in [-0.25, -0.2) is 0 Å². The third kappa shape index (κ3) is 59.5. The first kappa shape index (κ1) is 70.6. The van der Waals surface area contributed by atoms with Gasteiger partial charge in [-0.2, -0.15) is 0 Å². The van der Waals surface area contributed by atoms with Crippen LogP contribution in [0.2, 0.25) is 0 Å². The van der Waals surface area contributed by atoms with Crippen molar-refractivity contribution in [2.24, 2.45) is 0 Å². The molecular formula is C68H118O6. The summed E-state index contributed by atoms with van der Waals surface area (Å²) >= 11 is 0. The highest BCUT2D eigenvalue weighted by Gasteiger charge is 2.19. The average Bonchev–Trinajstić information content (AvgIpc) is 3.40. The zero-order valence-electron chi connectivity index (χ0n) is 48.8. The molecule has 1 unspecified atom stereocenters. The number of hydrogen-bond acceptors (Lipinski definition) is 6. The lowest BCUT2D eigenvalue weighted by molar-refractivity contribution is -0.167. The van der Waals surface area contributed by atoms with Crippen molar-refractivity contribution < 1.29 is 28.6 Å². The predicted molar refractivity (Wildman–Crippen MR) is 321 cm³/mol. The van der Waals surface area contributed by atoms with E-state index in [1.165, 1.54) is 167 Å². The fraction of sp³-hybridized carbons (Fsp3) is 0.750. The molecule has 0 aliphatic rings. The number of esters is 3. The van der Waals surface area contributed by atoms with Gasteiger partial charge in [0.25, 0.3) is 0 Å². The molecule has 0 radical (unpaired) electrons. The van der Waals surface area contributed by atoms with Crippen molar-refractivity contribution in [3.63, 3.8) is 0 Å². The van der Waals surface area contributed by atoms with Gasteiger partial charge in [0.1, 0.15) is 13.2 Å². The van der Waals surface area contributed by atoms with Crippen molar-refractivity contribution in [2.45, 2.75) is 316 Å². The first-order valence-electron chi connectivity index (χ1n) is 31.6. The Kier molecular flexibility index (Phi) is 59.3. The summed E-state index contributed by atoms with van der Waals surface area (Å²) in [5.41, 5.74) is 0. The molecule has 0 heterocycles. The molecule has 1 atom stereocenters. The van der Waals surface area contributed by atoms with Crippen LogP contribution in [0.4, 0.5) is 0 Å². The van der Waals surface area contributed by atoms with Crippen LogP contribution < -0.4 is 0 Å². The zero-order valence-corrected chi connectivity index (χ0v) is 48.8. The van der Waals surface area contributed by atoms with Crippen LogP contribution in [-0.2, 0) is 28.6 Å². The van der Waals surface area contributed by atoms with E-state index in [9.17, 15) is 14.4 Å². The van der Waals surface area contributed by atoms with Crippen LogP contribution in [0.3, 0.4) is 0 Å². The number of allylic oxidation sites excluding steroid dienone is 14. The van der Waals surface area contributed by atoms with Crippen molar-refractivity contribution in [3.05, 3.63) is 85.1 Å². The van der Waals surface area contributed by atoms with Gasteiger partial charge in [-0.05, 0) is 116 Å². The molecule has 0 bridgehead atoms. The molecule has 0 saturated carbocycles. The topological polar surface area (TPSA) is 78.9 Å². The van der Waals surface area contributed by atoms with Crippen molar-refractivity contribution >= 4 is 17.9 Å². The lowest BCUT2D eigenvalue weighted by Crippen LogP contribution is -2.30. The third-order valence-electron chi connectivity index (χ3n) is 13.6. The summed E-state index contributed by atoms with van der Waals surface area (Å²) < 4.78 is 16.9. The Labute approximate surface area is 458 Å². The largest absolute Gasteiger partial charge is 0.462 e. The van der Waals surface area contributed by atoms with Crippen LogP contribution in [0.25, 0.3) is 0 Å². The summed E-state index contributed by atoms with van der Waals surface area (Å²) in [6.07, 6.45) is 81.5. The van der Waals surface area contributed by atoms with E-state index in [1.54, 1.807) is 0 Å². The molecule has 0 aromatic rings. The molecule has 0 aliphatic heterocycles. The Hall–Kier alpha value is -3.41. The molecule has 0 amide bonds. The van der Waals surface area contributed by atoms with E-state index in [-0.39, 0.29) is 31.1 Å². The van der Waals surface area contributed by atoms with Gasteiger partial charge in [-0.1, -0.05) is 260 Å². The van der Waals surface area contributed by atoms with Gasteiger partial charge in [0.05, 0.1) is 0 Å². The van der Waals surface area contributed by atoms with Crippen LogP contribution in [0.5, 0.6) is 0 Å². The Morgan fingerprint density at radius 3 is 0.838 bits per heavy atom. The predicted octanol–water partition coefficient (Wildman–Crippen LogP) is 21.5. The Bertz CT molecular complexity index is 1420. The maximum absolute atomic E-state index is 12.9. The molecule has 0 aromatic carbocycles. The molecule has 74 heavy (non-hydrogen) atoms. The van der Waals surface area contributed by atoms with Crippen molar-refractivity contribution in [1.29, 1.82) is 0 Å². The first-order chi connectivity index (χ1) is 36.5. The third-order valence-corrected chi connectivity index (χ3v) is 13.6. The smallest absolute Gasteiger partial charge is 0.306 e. The molecular weight excluding hydrogens is 913 g/mol. The molecule has 0 aromatic heterocycles. The van der Waals surface area contributed by atoms with E-state index in [4.69, 9.17) is 14.2 Å². The van der Waals surface area contributed by atoms with Crippen LogP contribution in [-0.4, -0.2) is 37.2 Å². The van der Waals surface area contributed by atoms with E-state index in [0.717, 1.165) is 103 Å². The van der Waals surface area contributed by atoms with Crippen LogP contribution >= 0.6 is 0 Å². The fourth-order valence-electron chi connectivity index (χ4n) is 8.87. The average molecular weight is 1030 g/mol. The van der Waals surface area contributed by atoms with Gasteiger partial charge in [0, 0.05) is 19.3 Å². The summed E-state index contributed by atoms with van der Waals surface area (Å²) in [5.74, 6) is -0.895.